The van der Waals surface area contributed by atoms with Crippen LogP contribution in [0.25, 0.3) is 44.8 Å². The molecule has 2 aromatic heterocycles. The number of benzene rings is 5. The smallest absolute Gasteiger partial charge is 0.478 e. The SMILES string of the molecule is CN[C@H](Cc1ccc(OP(=O)(O)O)cc1)C(=O)N[C@@H](CCC(=O)NCCCOCCOCCOCCCNC(=O)CCCCN1NNN=C1C(C)(C)CCCCOc1cc(-c2ccccc2)cc(-c2ccccc2)n1)C(=O)NCCCOCCOCCOCCCNC(=O)CCCCN1NNN=C1C(C)(C)CCCCOc1cc(-c2ccccc2)cc(-c2ccccc2)n1. The lowest BCUT2D eigenvalue weighted by molar-refractivity contribution is -0.130. The summed E-state index contributed by atoms with van der Waals surface area (Å²) >= 11 is 0. The maximum absolute atomic E-state index is 13.7. The Morgan fingerprint density at radius 1 is 0.411 bits per heavy atom. The summed E-state index contributed by atoms with van der Waals surface area (Å²) in [6.45, 7) is 17.4. The van der Waals surface area contributed by atoms with Crippen molar-refractivity contribution in [1.82, 2.24) is 74.0 Å². The highest BCUT2D eigenvalue weighted by Crippen LogP contribution is 2.38. The van der Waals surface area contributed by atoms with Crippen molar-refractivity contribution in [1.29, 1.82) is 0 Å². The van der Waals surface area contributed by atoms with Gasteiger partial charge in [0.15, 0.2) is 0 Å². The van der Waals surface area contributed by atoms with E-state index in [4.69, 9.17) is 47.9 Å². The summed E-state index contributed by atoms with van der Waals surface area (Å²) in [4.78, 5) is 93.9. The highest BCUT2D eigenvalue weighted by atomic mass is 31.2. The molecule has 0 radical (unpaired) electrons. The molecule has 34 heteroatoms. The number of nitrogens with one attached hydrogen (secondary N) is 10. The first kappa shape index (κ1) is 102. The fraction of sp³-hybridized carbons (Fsp3) is 0.505. The number of hydrogen-bond acceptors (Lipinski definition) is 26. The number of carbonyl (C=O) groups is 5. The Morgan fingerprint density at radius 3 is 1.19 bits per heavy atom. The lowest BCUT2D eigenvalue weighted by Crippen LogP contribution is -2.53. The van der Waals surface area contributed by atoms with Crippen LogP contribution in [-0.2, 0) is 63.4 Å². The molecule has 2 aliphatic heterocycles. The Morgan fingerprint density at radius 2 is 0.791 bits per heavy atom. The molecule has 2 atom stereocenters. The van der Waals surface area contributed by atoms with Gasteiger partial charge in [0.2, 0.25) is 41.3 Å². The van der Waals surface area contributed by atoms with Crippen LogP contribution in [0.5, 0.6) is 17.5 Å². The van der Waals surface area contributed by atoms with E-state index in [1.54, 1.807) is 19.2 Å². The van der Waals surface area contributed by atoms with Crippen LogP contribution in [0.3, 0.4) is 0 Å². The molecule has 7 aromatic rings. The predicted octanol–water partition coefficient (Wildman–Crippen LogP) is 11.3. The van der Waals surface area contributed by atoms with Crippen LogP contribution in [0, 0.1) is 10.8 Å². The van der Waals surface area contributed by atoms with Crippen molar-refractivity contribution in [3.8, 4) is 62.3 Å². The highest BCUT2D eigenvalue weighted by molar-refractivity contribution is 7.46. The van der Waals surface area contributed by atoms with Crippen molar-refractivity contribution < 1.29 is 80.7 Å². The number of unbranched alkanes of at least 4 members (excludes halogenated alkanes) is 4. The minimum atomic E-state index is -4.77. The number of pyridine rings is 2. The fourth-order valence-corrected chi connectivity index (χ4v) is 14.8. The summed E-state index contributed by atoms with van der Waals surface area (Å²) in [5.74, 6) is 1.75. The van der Waals surface area contributed by atoms with Gasteiger partial charge >= 0.3 is 7.82 Å². The van der Waals surface area contributed by atoms with Crippen LogP contribution in [0.2, 0.25) is 0 Å². The van der Waals surface area contributed by atoms with E-state index in [1.807, 2.05) is 94.9 Å². The Balaban J connectivity index is 0.544. The first-order valence-corrected chi connectivity index (χ1v) is 46.8. The molecule has 702 valence electrons. The van der Waals surface area contributed by atoms with Crippen LogP contribution in [0.4, 0.5) is 0 Å². The second kappa shape index (κ2) is 57.5. The van der Waals surface area contributed by atoms with Gasteiger partial charge in [0.05, 0.1) is 83.5 Å². The van der Waals surface area contributed by atoms with Crippen molar-refractivity contribution in [2.45, 2.75) is 162 Å². The molecule has 9 rings (SSSR count). The normalized spacial score (nSPS) is 13.2. The van der Waals surface area contributed by atoms with Crippen molar-refractivity contribution in [3.63, 3.8) is 0 Å². The number of nitrogens with zero attached hydrogens (tertiary/aromatic N) is 6. The van der Waals surface area contributed by atoms with Crippen LogP contribution >= 0.6 is 7.82 Å². The fourth-order valence-electron chi connectivity index (χ4n) is 14.4. The number of aromatic nitrogens is 2. The van der Waals surface area contributed by atoms with E-state index in [2.05, 4.69) is 157 Å². The van der Waals surface area contributed by atoms with E-state index >= 15 is 0 Å². The van der Waals surface area contributed by atoms with Gasteiger partial charge in [-0.05, 0) is 162 Å². The Bertz CT molecular complexity index is 4430. The molecule has 0 spiro atoms. The van der Waals surface area contributed by atoms with Gasteiger partial charge in [-0.3, -0.25) is 43.8 Å². The highest BCUT2D eigenvalue weighted by Gasteiger charge is 2.35. The first-order valence-electron chi connectivity index (χ1n) is 45.3. The monoisotopic (exact) mass is 1800 g/mol. The van der Waals surface area contributed by atoms with Crippen molar-refractivity contribution in [3.05, 3.63) is 175 Å². The molecule has 0 unspecified atom stereocenters. The number of phosphoric acid groups is 1. The van der Waals surface area contributed by atoms with E-state index in [1.165, 1.54) is 12.1 Å². The Labute approximate surface area is 759 Å². The van der Waals surface area contributed by atoms with Gasteiger partial charge in [0.1, 0.15) is 23.5 Å². The molecule has 0 fully saturated rings. The number of amides is 5. The lowest BCUT2D eigenvalue weighted by atomic mass is 9.85. The molecule has 0 saturated heterocycles. The van der Waals surface area contributed by atoms with Gasteiger partial charge in [0.25, 0.3) is 0 Å². The topological polar surface area (TPSA) is 403 Å². The summed E-state index contributed by atoms with van der Waals surface area (Å²) in [5.41, 5.74) is 20.5. The van der Waals surface area contributed by atoms with Gasteiger partial charge < -0.3 is 74.3 Å². The predicted molar refractivity (Wildman–Crippen MR) is 497 cm³/mol. The van der Waals surface area contributed by atoms with Gasteiger partial charge in [0, 0.05) is 119 Å². The Kier molecular flexibility index (Phi) is 45.6. The van der Waals surface area contributed by atoms with E-state index in [9.17, 15) is 38.3 Å². The number of likely N-dealkylation sites (N-methyl/N-ethyl adjacent to an activating group) is 1. The summed E-state index contributed by atoms with van der Waals surface area (Å²) < 4.78 is 62.7. The third-order valence-electron chi connectivity index (χ3n) is 21.5. The zero-order chi connectivity index (χ0) is 91.4. The van der Waals surface area contributed by atoms with Crippen LogP contribution < -0.4 is 68.0 Å². The molecular formula is C95H135N16O17P. The third kappa shape index (κ3) is 39.4. The summed E-state index contributed by atoms with van der Waals surface area (Å²) in [6.07, 6.45) is 11.7. The maximum atomic E-state index is 13.7. The number of hydrogen-bond donors (Lipinski definition) is 12. The quantitative estimate of drug-likeness (QED) is 0.0124. The molecule has 129 heavy (non-hydrogen) atoms. The number of rotatable bonds is 67. The molecule has 12 N–H and O–H groups in total. The van der Waals surface area contributed by atoms with Crippen molar-refractivity contribution in [2.24, 2.45) is 21.0 Å². The van der Waals surface area contributed by atoms with E-state index in [0.29, 0.717) is 181 Å². The minimum absolute atomic E-state index is 0.000434. The summed E-state index contributed by atoms with van der Waals surface area (Å²) in [5, 5.41) is 30.7. The molecule has 0 bridgehead atoms. The number of phosphoric ester groups is 1. The number of hydrazine groups is 4. The van der Waals surface area contributed by atoms with Gasteiger partial charge in [-0.15, -0.1) is 21.3 Å². The number of carbonyl (C=O) groups excluding carboxylic acids is 5. The molecular weight excluding hydrogens is 1670 g/mol. The summed E-state index contributed by atoms with van der Waals surface area (Å²) in [6, 6.07) is 53.1. The van der Waals surface area contributed by atoms with E-state index < -0.39 is 31.7 Å². The minimum Gasteiger partial charge on any atom is -0.478 e. The first-order chi connectivity index (χ1) is 62.7. The van der Waals surface area contributed by atoms with Crippen molar-refractivity contribution in [2.75, 3.05) is 139 Å². The van der Waals surface area contributed by atoms with E-state index in [-0.39, 0.29) is 60.1 Å². The lowest BCUT2D eigenvalue weighted by Gasteiger charge is -2.30. The van der Waals surface area contributed by atoms with Crippen LogP contribution in [-0.4, -0.2) is 222 Å². The molecule has 5 amide bonds. The average molecular weight is 1800 g/mol. The second-order valence-corrected chi connectivity index (χ2v) is 34.0. The molecule has 33 nitrogen and oxygen atoms in total. The van der Waals surface area contributed by atoms with Crippen molar-refractivity contribution >= 4 is 49.0 Å². The van der Waals surface area contributed by atoms with Gasteiger partial charge in [-0.2, -0.15) is 0 Å². The average Bonchev–Trinajstić information content (AvgIpc) is 1.29. The molecule has 0 saturated carbocycles. The Hall–Kier alpha value is -10.5. The van der Waals surface area contributed by atoms with Crippen LogP contribution in [0.1, 0.15) is 149 Å². The summed E-state index contributed by atoms with van der Waals surface area (Å²) in [7, 11) is -3.18. The maximum Gasteiger partial charge on any atom is 0.524 e. The molecule has 5 aromatic carbocycles. The third-order valence-corrected chi connectivity index (χ3v) is 21.9. The van der Waals surface area contributed by atoms with Gasteiger partial charge in [-0.1, -0.05) is 161 Å². The van der Waals surface area contributed by atoms with Crippen LogP contribution in [0.15, 0.2) is 180 Å². The van der Waals surface area contributed by atoms with E-state index in [0.717, 1.165) is 121 Å². The number of hydrazone groups is 2. The standard InChI is InChI=1S/C95H135N16O17P/c1-94(2,46-20-24-58-126-88-71-78(74-30-10-6-11-31-74)69-82(101-88)76-34-14-8-15-35-76)92-104-106-108-110(92)52-22-18-38-85(112)97-48-26-54-120-60-64-124-66-62-122-56-28-50-99-87(114)45-44-81(103-91(116)84(96-5)68-73-40-42-80(43-41-73)128-129(117,118)119)90(115)100-51-29-57-123-63-67-125-65-61-121-55-27-49-98-86(113)39-19-23-53-111-93(105-107-109-111)95(3,4)47-21-25-59-127-89-72-79(75-32-12-7-13-33-75)70-83(102-89)77-36-16-9-17-37-77/h6-17,30-37,40-43,69-72,81,84,96,106-109H,18-29,38-39,44-68H2,1-5H3,(H,97,112)(H,98,113)(H,99,114)(H,100,115)(H,103,116)(H2,117,118,119)/t81-,84+/m0/s1. The molecule has 4 heterocycles. The zero-order valence-corrected chi connectivity index (χ0v) is 76.4. The zero-order valence-electron chi connectivity index (χ0n) is 75.5. The second-order valence-electron chi connectivity index (χ2n) is 32.8. The number of amidine groups is 2. The molecule has 0 aliphatic carbocycles. The molecule has 2 aliphatic rings. The number of ether oxygens (including phenoxy) is 8. The largest absolute Gasteiger partial charge is 0.524 e. The van der Waals surface area contributed by atoms with Gasteiger partial charge in [-0.25, -0.2) is 25.6 Å².